The van der Waals surface area contributed by atoms with E-state index in [1.54, 1.807) is 0 Å². The van der Waals surface area contributed by atoms with Gasteiger partial charge in [-0.25, -0.2) is 8.78 Å². The quantitative estimate of drug-likeness (QED) is 0.584. The molecule has 0 N–H and O–H groups in total. The number of fused-ring (bicyclic) bond motifs is 1. The molecule has 1 heterocycles. The molecule has 0 atom stereocenters. The molecule has 0 spiro atoms. The van der Waals surface area contributed by atoms with Crippen molar-refractivity contribution in [2.45, 2.75) is 0 Å². The minimum absolute atomic E-state index is 0.269. The summed E-state index contributed by atoms with van der Waals surface area (Å²) in [5.41, 5.74) is 0. The van der Waals surface area contributed by atoms with E-state index in [9.17, 15) is 8.78 Å². The van der Waals surface area contributed by atoms with Crippen LogP contribution in [0.2, 0.25) is 0 Å². The molecule has 0 saturated heterocycles. The molecule has 3 heteroatoms. The van der Waals surface area contributed by atoms with Crippen LogP contribution in [-0.4, -0.2) is 4.98 Å². The summed E-state index contributed by atoms with van der Waals surface area (Å²) in [6, 6.07) is 4.05. The number of hydrogen-bond donors (Lipinski definition) is 0. The molecule has 0 fully saturated rings. The van der Waals surface area contributed by atoms with Crippen LogP contribution in [0.5, 0.6) is 0 Å². The maximum absolute atomic E-state index is 13.0. The summed E-state index contributed by atoms with van der Waals surface area (Å²) in [6.45, 7) is 0. The van der Waals surface area contributed by atoms with Crippen molar-refractivity contribution in [3.8, 4) is 0 Å². The molecule has 0 radical (unpaired) electrons. The van der Waals surface area contributed by atoms with Gasteiger partial charge < -0.3 is 0 Å². The lowest BCUT2D eigenvalue weighted by Crippen LogP contribution is -1.85. The van der Waals surface area contributed by atoms with E-state index in [2.05, 4.69) is 4.98 Å². The Morgan fingerprint density at radius 3 is 2.75 bits per heavy atom. The Morgan fingerprint density at radius 2 is 1.92 bits per heavy atom. The topological polar surface area (TPSA) is 12.9 Å². The van der Waals surface area contributed by atoms with Crippen LogP contribution in [0.15, 0.2) is 30.6 Å². The van der Waals surface area contributed by atoms with E-state index < -0.39 is 11.6 Å². The minimum Gasteiger partial charge on any atom is -0.264 e. The summed E-state index contributed by atoms with van der Waals surface area (Å²) in [5, 5.41) is 0.876. The molecule has 2 aromatic rings. The lowest BCUT2D eigenvalue weighted by Gasteiger charge is -1.97. The molecular weight excluding hydrogens is 160 g/mol. The van der Waals surface area contributed by atoms with Crippen molar-refractivity contribution in [3.63, 3.8) is 0 Å². The molecule has 12 heavy (non-hydrogen) atoms. The van der Waals surface area contributed by atoms with E-state index >= 15 is 0 Å². The molecule has 0 aliphatic heterocycles. The Bertz CT molecular complexity index is 426. The fourth-order valence-electron chi connectivity index (χ4n) is 1.10. The maximum atomic E-state index is 13.0. The van der Waals surface area contributed by atoms with Gasteiger partial charge in [0.25, 0.3) is 0 Å². The van der Waals surface area contributed by atoms with Gasteiger partial charge in [0.05, 0.1) is 0 Å². The van der Waals surface area contributed by atoms with Crippen molar-refractivity contribution in [3.05, 3.63) is 42.2 Å². The van der Waals surface area contributed by atoms with Crippen LogP contribution < -0.4 is 0 Å². The van der Waals surface area contributed by atoms with Gasteiger partial charge >= 0.3 is 0 Å². The third-order valence-electron chi connectivity index (χ3n) is 1.71. The zero-order valence-corrected chi connectivity index (χ0v) is 6.09. The van der Waals surface area contributed by atoms with Crippen molar-refractivity contribution in [1.29, 1.82) is 0 Å². The van der Waals surface area contributed by atoms with E-state index in [1.807, 2.05) is 0 Å². The van der Waals surface area contributed by atoms with Crippen molar-refractivity contribution in [2.24, 2.45) is 0 Å². The molecule has 0 aliphatic carbocycles. The molecule has 1 nitrogen and oxygen atoms in total. The molecule has 0 aliphatic rings. The fraction of sp³-hybridized carbons (Fsp3) is 0. The monoisotopic (exact) mass is 165 g/mol. The predicted molar refractivity (Wildman–Crippen MR) is 41.7 cm³/mol. The first-order valence-electron chi connectivity index (χ1n) is 3.47. The SMILES string of the molecule is Fc1ccc2cnccc2c1F. The maximum Gasteiger partial charge on any atom is 0.166 e. The minimum atomic E-state index is -0.825. The lowest BCUT2D eigenvalue weighted by molar-refractivity contribution is 0.517. The smallest absolute Gasteiger partial charge is 0.166 e. The van der Waals surface area contributed by atoms with Gasteiger partial charge in [-0.05, 0) is 18.2 Å². The van der Waals surface area contributed by atoms with Crippen molar-refractivity contribution >= 4 is 10.8 Å². The molecule has 2 rings (SSSR count). The molecule has 60 valence electrons. The third kappa shape index (κ3) is 0.942. The zero-order chi connectivity index (χ0) is 8.55. The van der Waals surface area contributed by atoms with Gasteiger partial charge in [-0.2, -0.15) is 0 Å². The summed E-state index contributed by atoms with van der Waals surface area (Å²) in [7, 11) is 0. The molecule has 0 unspecified atom stereocenters. The molecule has 1 aromatic carbocycles. The summed E-state index contributed by atoms with van der Waals surface area (Å²) < 4.78 is 25.6. The van der Waals surface area contributed by atoms with E-state index in [0.717, 1.165) is 6.07 Å². The van der Waals surface area contributed by atoms with Gasteiger partial charge in [0, 0.05) is 23.2 Å². The number of hydrogen-bond acceptors (Lipinski definition) is 1. The number of benzene rings is 1. The van der Waals surface area contributed by atoms with Gasteiger partial charge in [0.15, 0.2) is 11.6 Å². The average molecular weight is 165 g/mol. The molecule has 0 saturated carbocycles. The zero-order valence-electron chi connectivity index (χ0n) is 6.09. The van der Waals surface area contributed by atoms with Crippen LogP contribution in [0, 0.1) is 11.6 Å². The summed E-state index contributed by atoms with van der Waals surface area (Å²) in [5.74, 6) is -1.64. The number of halogens is 2. The molecule has 0 amide bonds. The van der Waals surface area contributed by atoms with Crippen LogP contribution in [0.3, 0.4) is 0 Å². The number of pyridine rings is 1. The first kappa shape index (κ1) is 7.16. The Morgan fingerprint density at radius 1 is 1.08 bits per heavy atom. The van der Waals surface area contributed by atoms with Gasteiger partial charge in [0.2, 0.25) is 0 Å². The van der Waals surface area contributed by atoms with E-state index in [0.29, 0.717) is 5.39 Å². The highest BCUT2D eigenvalue weighted by Gasteiger charge is 2.04. The Balaban J connectivity index is 2.91. The van der Waals surface area contributed by atoms with Gasteiger partial charge in [-0.3, -0.25) is 4.98 Å². The first-order chi connectivity index (χ1) is 5.79. The third-order valence-corrected chi connectivity index (χ3v) is 1.71. The van der Waals surface area contributed by atoms with Crippen LogP contribution in [-0.2, 0) is 0 Å². The van der Waals surface area contributed by atoms with E-state index in [4.69, 9.17) is 0 Å². The van der Waals surface area contributed by atoms with Crippen LogP contribution in [0.4, 0.5) is 8.78 Å². The van der Waals surface area contributed by atoms with Crippen LogP contribution in [0.1, 0.15) is 0 Å². The van der Waals surface area contributed by atoms with Gasteiger partial charge in [0.1, 0.15) is 0 Å². The molecule has 0 bridgehead atoms. The van der Waals surface area contributed by atoms with Crippen molar-refractivity contribution in [1.82, 2.24) is 4.98 Å². The van der Waals surface area contributed by atoms with Crippen molar-refractivity contribution < 1.29 is 8.78 Å². The second kappa shape index (κ2) is 2.52. The van der Waals surface area contributed by atoms with Crippen LogP contribution >= 0.6 is 0 Å². The largest absolute Gasteiger partial charge is 0.264 e. The van der Waals surface area contributed by atoms with Crippen LogP contribution in [0.25, 0.3) is 10.8 Å². The molecular formula is C9H5F2N. The molecule has 1 aromatic heterocycles. The lowest BCUT2D eigenvalue weighted by atomic mass is 10.2. The Hall–Kier alpha value is -1.51. The standard InChI is InChI=1S/C9H5F2N/c10-8-2-1-6-5-12-4-3-7(6)9(8)11/h1-5H. The van der Waals surface area contributed by atoms with Gasteiger partial charge in [-0.1, -0.05) is 0 Å². The number of rotatable bonds is 0. The summed E-state index contributed by atoms with van der Waals surface area (Å²) in [6.07, 6.45) is 2.93. The highest BCUT2D eigenvalue weighted by molar-refractivity contribution is 5.81. The van der Waals surface area contributed by atoms with E-state index in [1.165, 1.54) is 24.5 Å². The Kier molecular flexibility index (Phi) is 1.50. The number of aromatic nitrogens is 1. The normalized spacial score (nSPS) is 10.5. The summed E-state index contributed by atoms with van der Waals surface area (Å²) >= 11 is 0. The highest BCUT2D eigenvalue weighted by Crippen LogP contribution is 2.18. The van der Waals surface area contributed by atoms with E-state index in [-0.39, 0.29) is 5.39 Å². The highest BCUT2D eigenvalue weighted by atomic mass is 19.2. The van der Waals surface area contributed by atoms with Gasteiger partial charge in [-0.15, -0.1) is 0 Å². The second-order valence-electron chi connectivity index (χ2n) is 2.46. The second-order valence-corrected chi connectivity index (χ2v) is 2.46. The number of nitrogens with zero attached hydrogens (tertiary/aromatic N) is 1. The Labute approximate surface area is 67.7 Å². The van der Waals surface area contributed by atoms with Crippen molar-refractivity contribution in [2.75, 3.05) is 0 Å². The predicted octanol–water partition coefficient (Wildman–Crippen LogP) is 2.51. The average Bonchev–Trinajstić information content (AvgIpc) is 2.12. The first-order valence-corrected chi connectivity index (χ1v) is 3.47. The fourth-order valence-corrected chi connectivity index (χ4v) is 1.10. The summed E-state index contributed by atoms with van der Waals surface area (Å²) in [4.78, 5) is 3.79.